The van der Waals surface area contributed by atoms with Crippen molar-refractivity contribution >= 4 is 34.8 Å². The van der Waals surface area contributed by atoms with Crippen LogP contribution >= 0.6 is 11.8 Å². The third kappa shape index (κ3) is 3.40. The summed E-state index contributed by atoms with van der Waals surface area (Å²) in [5, 5.41) is 2.76. The molecule has 2 heterocycles. The van der Waals surface area contributed by atoms with Crippen molar-refractivity contribution in [3.05, 3.63) is 64.6 Å². The first-order valence-electron chi connectivity index (χ1n) is 6.74. The number of rotatable bonds is 2. The lowest BCUT2D eigenvalue weighted by atomic mass is 10.2. The third-order valence-corrected chi connectivity index (χ3v) is 4.12. The fourth-order valence-corrected chi connectivity index (χ4v) is 2.79. The summed E-state index contributed by atoms with van der Waals surface area (Å²) < 4.78 is 14.7. The molecule has 23 heavy (non-hydrogen) atoms. The fourth-order valence-electron chi connectivity index (χ4n) is 1.99. The number of carbonyl (C=O) groups excluding carboxylic acids is 2. The molecule has 0 atom stereocenters. The van der Waals surface area contributed by atoms with Crippen LogP contribution in [0, 0.1) is 5.82 Å². The first kappa shape index (κ1) is 15.2. The fraction of sp³-hybridized carbons (Fsp3) is 0.0625. The van der Waals surface area contributed by atoms with Crippen LogP contribution in [0.15, 0.2) is 52.5 Å². The Morgan fingerprint density at radius 3 is 2.70 bits per heavy atom. The van der Waals surface area contributed by atoms with Crippen molar-refractivity contribution in [2.75, 3.05) is 0 Å². The smallest absolute Gasteiger partial charge is 0.279 e. The number of nitrogens with one attached hydrogen (secondary N) is 1. The quantitative estimate of drug-likeness (QED) is 0.861. The molecule has 0 spiro atoms. The Morgan fingerprint density at radius 2 is 2.04 bits per heavy atom. The first-order chi connectivity index (χ1) is 11.0. The molecule has 1 saturated heterocycles. The average Bonchev–Trinajstić information content (AvgIpc) is 3.07. The van der Waals surface area contributed by atoms with Crippen molar-refractivity contribution in [1.29, 1.82) is 0 Å². The number of hydrogen-bond donors (Lipinski definition) is 1. The number of aromatic nitrogens is 1. The second-order valence-corrected chi connectivity index (χ2v) is 5.87. The van der Waals surface area contributed by atoms with Gasteiger partial charge in [-0.2, -0.15) is 4.99 Å². The molecule has 5 nitrogen and oxygen atoms in total. The predicted octanol–water partition coefficient (Wildman–Crippen LogP) is 2.56. The normalized spacial score (nSPS) is 17.7. The van der Waals surface area contributed by atoms with Gasteiger partial charge in [0.15, 0.2) is 5.17 Å². The van der Waals surface area contributed by atoms with Gasteiger partial charge in [0.25, 0.3) is 11.8 Å². The van der Waals surface area contributed by atoms with Crippen molar-refractivity contribution in [2.24, 2.45) is 12.0 Å². The largest absolute Gasteiger partial charge is 0.351 e. The van der Waals surface area contributed by atoms with Crippen LogP contribution < -0.4 is 5.32 Å². The molecular formula is C16H12FN3O2S. The molecule has 3 rings (SSSR count). The molecule has 1 aromatic heterocycles. The number of amides is 2. The van der Waals surface area contributed by atoms with Gasteiger partial charge in [0.2, 0.25) is 0 Å². The maximum absolute atomic E-state index is 12.9. The van der Waals surface area contributed by atoms with E-state index in [-0.39, 0.29) is 16.6 Å². The second kappa shape index (κ2) is 6.21. The second-order valence-electron chi connectivity index (χ2n) is 4.84. The van der Waals surface area contributed by atoms with Crippen LogP contribution in [0.25, 0.3) is 6.08 Å². The van der Waals surface area contributed by atoms with Crippen molar-refractivity contribution < 1.29 is 14.0 Å². The summed E-state index contributed by atoms with van der Waals surface area (Å²) >= 11 is 1.09. The SMILES string of the molecule is Cn1cccc1/C=C1\SC(=NC(=O)c2ccc(F)cc2)NC1=O. The summed E-state index contributed by atoms with van der Waals surface area (Å²) in [7, 11) is 1.87. The Bertz CT molecular complexity index is 837. The van der Waals surface area contributed by atoms with E-state index in [0.717, 1.165) is 17.5 Å². The summed E-state index contributed by atoms with van der Waals surface area (Å²) in [5.41, 5.74) is 1.13. The van der Waals surface area contributed by atoms with Crippen LogP contribution in [-0.4, -0.2) is 21.5 Å². The number of nitrogens with zero attached hydrogens (tertiary/aromatic N) is 2. The molecule has 1 aromatic carbocycles. The van der Waals surface area contributed by atoms with Gasteiger partial charge in [-0.05, 0) is 54.2 Å². The van der Waals surface area contributed by atoms with Gasteiger partial charge in [0.1, 0.15) is 5.82 Å². The van der Waals surface area contributed by atoms with E-state index in [9.17, 15) is 14.0 Å². The molecule has 1 aliphatic rings. The minimum Gasteiger partial charge on any atom is -0.351 e. The Balaban J connectivity index is 1.79. The Morgan fingerprint density at radius 1 is 1.30 bits per heavy atom. The minimum atomic E-state index is -0.534. The third-order valence-electron chi connectivity index (χ3n) is 3.21. The van der Waals surface area contributed by atoms with Crippen molar-refractivity contribution in [3.63, 3.8) is 0 Å². The highest BCUT2D eigenvalue weighted by Gasteiger charge is 2.25. The maximum Gasteiger partial charge on any atom is 0.279 e. The van der Waals surface area contributed by atoms with Gasteiger partial charge in [0.05, 0.1) is 4.91 Å². The molecule has 7 heteroatoms. The number of hydrogen-bond acceptors (Lipinski definition) is 3. The van der Waals surface area contributed by atoms with E-state index in [0.29, 0.717) is 4.91 Å². The van der Waals surface area contributed by atoms with Crippen LogP contribution in [0.4, 0.5) is 4.39 Å². The number of benzene rings is 1. The van der Waals surface area contributed by atoms with Gasteiger partial charge in [0, 0.05) is 24.5 Å². The Hall–Kier alpha value is -2.67. The molecule has 2 amide bonds. The highest BCUT2D eigenvalue weighted by molar-refractivity contribution is 8.18. The van der Waals surface area contributed by atoms with E-state index in [2.05, 4.69) is 10.3 Å². The summed E-state index contributed by atoms with van der Waals surface area (Å²) in [6, 6.07) is 8.83. The summed E-state index contributed by atoms with van der Waals surface area (Å²) in [6.07, 6.45) is 3.60. The zero-order chi connectivity index (χ0) is 16.4. The van der Waals surface area contributed by atoms with Gasteiger partial charge >= 0.3 is 0 Å². The molecule has 1 fully saturated rings. The average molecular weight is 329 g/mol. The maximum atomic E-state index is 12.9. The zero-order valence-corrected chi connectivity index (χ0v) is 12.9. The first-order valence-corrected chi connectivity index (χ1v) is 7.55. The van der Waals surface area contributed by atoms with Crippen molar-refractivity contribution in [1.82, 2.24) is 9.88 Å². The summed E-state index contributed by atoms with van der Waals surface area (Å²) in [4.78, 5) is 28.3. The van der Waals surface area contributed by atoms with Gasteiger partial charge in [-0.15, -0.1) is 0 Å². The summed E-state index contributed by atoms with van der Waals surface area (Å²) in [6.45, 7) is 0. The number of halogens is 1. The standard InChI is InChI=1S/C16H12FN3O2S/c1-20-8-2-3-12(20)9-13-15(22)19-16(23-13)18-14(21)10-4-6-11(17)7-5-10/h2-9H,1H3,(H,18,19,21,22)/b13-9-. The lowest BCUT2D eigenvalue weighted by molar-refractivity contribution is -0.115. The molecule has 0 aliphatic carbocycles. The Kier molecular flexibility index (Phi) is 4.12. The highest BCUT2D eigenvalue weighted by Crippen LogP contribution is 2.26. The lowest BCUT2D eigenvalue weighted by Crippen LogP contribution is -2.20. The van der Waals surface area contributed by atoms with E-state index < -0.39 is 11.7 Å². The topological polar surface area (TPSA) is 63.5 Å². The summed E-state index contributed by atoms with van der Waals surface area (Å²) in [5.74, 6) is -1.26. The van der Waals surface area contributed by atoms with Crippen molar-refractivity contribution in [3.8, 4) is 0 Å². The van der Waals surface area contributed by atoms with Gasteiger partial charge in [-0.25, -0.2) is 4.39 Å². The van der Waals surface area contributed by atoms with Crippen LogP contribution in [0.3, 0.4) is 0 Å². The van der Waals surface area contributed by atoms with Gasteiger partial charge < -0.3 is 9.88 Å². The van der Waals surface area contributed by atoms with Crippen LogP contribution in [0.5, 0.6) is 0 Å². The zero-order valence-electron chi connectivity index (χ0n) is 12.1. The van der Waals surface area contributed by atoms with Crippen LogP contribution in [-0.2, 0) is 11.8 Å². The molecule has 1 aliphatic heterocycles. The van der Waals surface area contributed by atoms with E-state index in [4.69, 9.17) is 0 Å². The number of carbonyl (C=O) groups is 2. The van der Waals surface area contributed by atoms with Crippen molar-refractivity contribution in [2.45, 2.75) is 0 Å². The Labute approximate surface area is 135 Å². The minimum absolute atomic E-state index is 0.213. The molecule has 0 unspecified atom stereocenters. The molecule has 116 valence electrons. The number of aliphatic imine (C=N–C) groups is 1. The monoisotopic (exact) mass is 329 g/mol. The predicted molar refractivity (Wildman–Crippen MR) is 87.3 cm³/mol. The molecule has 2 aromatic rings. The molecular weight excluding hydrogens is 317 g/mol. The van der Waals surface area contributed by atoms with Crippen LogP contribution in [0.1, 0.15) is 16.1 Å². The highest BCUT2D eigenvalue weighted by atomic mass is 32.2. The number of aryl methyl sites for hydroxylation is 1. The van der Waals surface area contributed by atoms with Gasteiger partial charge in [-0.1, -0.05) is 0 Å². The lowest BCUT2D eigenvalue weighted by Gasteiger charge is -1.97. The number of thioether (sulfide) groups is 1. The molecule has 0 saturated carbocycles. The number of amidine groups is 1. The van der Waals surface area contributed by atoms with E-state index in [1.165, 1.54) is 24.3 Å². The van der Waals surface area contributed by atoms with Crippen LogP contribution in [0.2, 0.25) is 0 Å². The molecule has 1 N–H and O–H groups in total. The van der Waals surface area contributed by atoms with E-state index >= 15 is 0 Å². The molecule has 0 radical (unpaired) electrons. The van der Waals surface area contributed by atoms with E-state index in [1.54, 1.807) is 6.08 Å². The van der Waals surface area contributed by atoms with Gasteiger partial charge in [-0.3, -0.25) is 9.59 Å². The molecule has 0 bridgehead atoms. The van der Waals surface area contributed by atoms with E-state index in [1.807, 2.05) is 29.9 Å².